The molecule has 0 aliphatic heterocycles. The molecule has 94 valence electrons. The molecule has 5 heteroatoms. The van der Waals surface area contributed by atoms with Gasteiger partial charge in [0.2, 0.25) is 0 Å². The Morgan fingerprint density at radius 2 is 2.11 bits per heavy atom. The number of rotatable bonds is 5. The van der Waals surface area contributed by atoms with E-state index in [0.29, 0.717) is 13.2 Å². The summed E-state index contributed by atoms with van der Waals surface area (Å²) in [7, 11) is 0. The highest BCUT2D eigenvalue weighted by Gasteiger charge is 2.01. The summed E-state index contributed by atoms with van der Waals surface area (Å²) in [4.78, 5) is 8.41. The van der Waals surface area contributed by atoms with Crippen LogP contribution in [0.4, 0.5) is 11.5 Å². The molecular formula is C13H16N4O. The Balaban J connectivity index is 2.12. The number of nitrogens with two attached hydrogens (primary N) is 1. The van der Waals surface area contributed by atoms with Gasteiger partial charge in [0.25, 0.3) is 0 Å². The minimum absolute atomic E-state index is 0.501. The molecule has 1 aromatic heterocycles. The Morgan fingerprint density at radius 3 is 2.89 bits per heavy atom. The van der Waals surface area contributed by atoms with E-state index >= 15 is 0 Å². The lowest BCUT2D eigenvalue weighted by Crippen LogP contribution is -2.10. The smallest absolute Gasteiger partial charge is 0.151 e. The van der Waals surface area contributed by atoms with Crippen molar-refractivity contribution in [3.8, 4) is 5.75 Å². The Hall–Kier alpha value is -2.14. The second-order valence-electron chi connectivity index (χ2n) is 3.78. The monoisotopic (exact) mass is 244 g/mol. The maximum atomic E-state index is 5.46. The van der Waals surface area contributed by atoms with E-state index in [-0.39, 0.29) is 0 Å². The van der Waals surface area contributed by atoms with E-state index < -0.39 is 0 Å². The van der Waals surface area contributed by atoms with Gasteiger partial charge in [-0.1, -0.05) is 6.07 Å². The highest BCUT2D eigenvalue weighted by Crippen LogP contribution is 2.21. The van der Waals surface area contributed by atoms with E-state index in [2.05, 4.69) is 15.3 Å². The zero-order chi connectivity index (χ0) is 12.8. The average molecular weight is 244 g/mol. The number of nitrogens with one attached hydrogen (secondary N) is 1. The Morgan fingerprint density at radius 1 is 1.28 bits per heavy atom. The molecule has 0 aliphatic rings. The van der Waals surface area contributed by atoms with Crippen molar-refractivity contribution >= 4 is 11.5 Å². The first-order valence-electron chi connectivity index (χ1n) is 5.77. The van der Waals surface area contributed by atoms with Gasteiger partial charge in [-0.25, -0.2) is 4.98 Å². The highest BCUT2D eigenvalue weighted by molar-refractivity contribution is 5.59. The average Bonchev–Trinajstić information content (AvgIpc) is 2.40. The van der Waals surface area contributed by atoms with Crippen LogP contribution < -0.4 is 15.8 Å². The van der Waals surface area contributed by atoms with Crippen LogP contribution in [0, 0.1) is 6.92 Å². The van der Waals surface area contributed by atoms with Crippen molar-refractivity contribution in [1.82, 2.24) is 9.97 Å². The molecule has 0 saturated carbocycles. The van der Waals surface area contributed by atoms with Gasteiger partial charge >= 0.3 is 0 Å². The van der Waals surface area contributed by atoms with Crippen LogP contribution >= 0.6 is 0 Å². The number of aromatic nitrogens is 2. The van der Waals surface area contributed by atoms with E-state index in [4.69, 9.17) is 10.5 Å². The predicted octanol–water partition coefficient (Wildman–Crippen LogP) is 1.87. The fraction of sp³-hybridized carbons (Fsp3) is 0.231. The van der Waals surface area contributed by atoms with Gasteiger partial charge in [-0.3, -0.25) is 4.98 Å². The van der Waals surface area contributed by atoms with Crippen LogP contribution in [0.2, 0.25) is 0 Å². The first-order valence-corrected chi connectivity index (χ1v) is 5.77. The molecule has 1 aromatic carbocycles. The molecule has 0 atom stereocenters. The highest BCUT2D eigenvalue weighted by atomic mass is 16.5. The molecule has 2 rings (SSSR count). The van der Waals surface area contributed by atoms with Crippen molar-refractivity contribution in [1.29, 1.82) is 0 Å². The van der Waals surface area contributed by atoms with Crippen molar-refractivity contribution in [2.45, 2.75) is 6.92 Å². The fourth-order valence-corrected chi connectivity index (χ4v) is 1.51. The Labute approximate surface area is 106 Å². The topological polar surface area (TPSA) is 73.1 Å². The van der Waals surface area contributed by atoms with Gasteiger partial charge in [0.1, 0.15) is 12.4 Å². The summed E-state index contributed by atoms with van der Waals surface area (Å²) in [6.45, 7) is 2.92. The van der Waals surface area contributed by atoms with Crippen LogP contribution in [-0.2, 0) is 0 Å². The fourth-order valence-electron chi connectivity index (χ4n) is 1.51. The van der Waals surface area contributed by atoms with E-state index in [0.717, 1.165) is 22.9 Å². The normalized spacial score (nSPS) is 10.1. The number of hydrogen-bond donors (Lipinski definition) is 2. The largest absolute Gasteiger partial charge is 0.492 e. The van der Waals surface area contributed by atoms with Gasteiger partial charge in [0.15, 0.2) is 5.82 Å². The molecule has 0 unspecified atom stereocenters. The summed E-state index contributed by atoms with van der Waals surface area (Å²) in [5.74, 6) is 1.53. The molecule has 0 fully saturated rings. The number of hydrogen-bond acceptors (Lipinski definition) is 5. The summed E-state index contributed by atoms with van der Waals surface area (Å²) in [6, 6.07) is 7.66. The van der Waals surface area contributed by atoms with Crippen molar-refractivity contribution < 1.29 is 4.74 Å². The lowest BCUT2D eigenvalue weighted by Gasteiger charge is -2.09. The lowest BCUT2D eigenvalue weighted by molar-refractivity contribution is 0.328. The molecule has 0 spiro atoms. The molecule has 1 heterocycles. The minimum Gasteiger partial charge on any atom is -0.492 e. The van der Waals surface area contributed by atoms with Crippen molar-refractivity contribution in [3.63, 3.8) is 0 Å². The van der Waals surface area contributed by atoms with Crippen LogP contribution in [-0.4, -0.2) is 23.1 Å². The maximum Gasteiger partial charge on any atom is 0.151 e. The van der Waals surface area contributed by atoms with Gasteiger partial charge in [-0.05, 0) is 19.1 Å². The molecule has 0 bridgehead atoms. The molecule has 2 aromatic rings. The van der Waals surface area contributed by atoms with Crippen molar-refractivity contribution in [3.05, 3.63) is 42.4 Å². The summed E-state index contributed by atoms with van der Waals surface area (Å²) < 4.78 is 5.46. The molecule has 18 heavy (non-hydrogen) atoms. The SMILES string of the molecule is Cc1nccnc1Nc1cccc(OCCN)c1. The Kier molecular flexibility index (Phi) is 4.09. The number of anilines is 2. The van der Waals surface area contributed by atoms with Crippen LogP contribution in [0.3, 0.4) is 0 Å². The molecule has 5 nitrogen and oxygen atoms in total. The van der Waals surface area contributed by atoms with Gasteiger partial charge in [-0.15, -0.1) is 0 Å². The third-order valence-corrected chi connectivity index (χ3v) is 2.36. The van der Waals surface area contributed by atoms with Crippen LogP contribution in [0.25, 0.3) is 0 Å². The quantitative estimate of drug-likeness (QED) is 0.840. The minimum atomic E-state index is 0.501. The van der Waals surface area contributed by atoms with Crippen LogP contribution in [0.5, 0.6) is 5.75 Å². The Bertz CT molecular complexity index is 516. The third kappa shape index (κ3) is 3.18. The van der Waals surface area contributed by atoms with Gasteiger partial charge in [0.05, 0.1) is 5.69 Å². The number of ether oxygens (including phenoxy) is 1. The summed E-state index contributed by atoms with van der Waals surface area (Å²) >= 11 is 0. The third-order valence-electron chi connectivity index (χ3n) is 2.36. The first kappa shape index (κ1) is 12.3. The summed E-state index contributed by atoms with van der Waals surface area (Å²) in [5, 5.41) is 3.20. The zero-order valence-electron chi connectivity index (χ0n) is 10.3. The first-order chi connectivity index (χ1) is 8.79. The van der Waals surface area contributed by atoms with Crippen LogP contribution in [0.1, 0.15) is 5.69 Å². The van der Waals surface area contributed by atoms with Gasteiger partial charge in [0, 0.05) is 30.7 Å². The number of benzene rings is 1. The molecule has 0 saturated heterocycles. The van der Waals surface area contributed by atoms with E-state index in [9.17, 15) is 0 Å². The number of aryl methyl sites for hydroxylation is 1. The lowest BCUT2D eigenvalue weighted by atomic mass is 10.3. The molecule has 0 radical (unpaired) electrons. The van der Waals surface area contributed by atoms with Crippen LogP contribution in [0.15, 0.2) is 36.7 Å². The second kappa shape index (κ2) is 5.97. The van der Waals surface area contributed by atoms with E-state index in [1.165, 1.54) is 0 Å². The van der Waals surface area contributed by atoms with E-state index in [1.807, 2.05) is 31.2 Å². The van der Waals surface area contributed by atoms with Gasteiger partial charge < -0.3 is 15.8 Å². The zero-order valence-corrected chi connectivity index (χ0v) is 10.3. The van der Waals surface area contributed by atoms with Crippen molar-refractivity contribution in [2.75, 3.05) is 18.5 Å². The molecular weight excluding hydrogens is 228 g/mol. The standard InChI is InChI=1S/C13H16N4O/c1-10-13(16-7-6-15-10)17-11-3-2-4-12(9-11)18-8-5-14/h2-4,6-7,9H,5,8,14H2,1H3,(H,16,17). The predicted molar refractivity (Wildman–Crippen MR) is 71.0 cm³/mol. The molecule has 0 amide bonds. The molecule has 0 aliphatic carbocycles. The number of nitrogens with zero attached hydrogens (tertiary/aromatic N) is 2. The second-order valence-corrected chi connectivity index (χ2v) is 3.78. The van der Waals surface area contributed by atoms with Gasteiger partial charge in [-0.2, -0.15) is 0 Å². The van der Waals surface area contributed by atoms with Crippen molar-refractivity contribution in [2.24, 2.45) is 5.73 Å². The maximum absolute atomic E-state index is 5.46. The summed E-state index contributed by atoms with van der Waals surface area (Å²) in [5.41, 5.74) is 7.16. The summed E-state index contributed by atoms with van der Waals surface area (Å²) in [6.07, 6.45) is 3.32. The van der Waals surface area contributed by atoms with E-state index in [1.54, 1.807) is 12.4 Å². The molecule has 3 N–H and O–H groups in total.